The summed E-state index contributed by atoms with van der Waals surface area (Å²) in [6, 6.07) is 10.4. The summed E-state index contributed by atoms with van der Waals surface area (Å²) in [7, 11) is 0. The van der Waals surface area contributed by atoms with Gasteiger partial charge in [-0.15, -0.1) is 10.2 Å². The summed E-state index contributed by atoms with van der Waals surface area (Å²) in [4.78, 5) is 14.6. The molecule has 1 aromatic carbocycles. The van der Waals surface area contributed by atoms with Crippen LogP contribution < -0.4 is 10.2 Å². The number of aromatic nitrogens is 4. The lowest BCUT2D eigenvalue weighted by molar-refractivity contribution is -0.116. The van der Waals surface area contributed by atoms with Gasteiger partial charge in [0.2, 0.25) is 5.91 Å². The van der Waals surface area contributed by atoms with Crippen LogP contribution in [0.5, 0.6) is 0 Å². The molecular formula is C21H21FN6O. The minimum atomic E-state index is -0.384. The van der Waals surface area contributed by atoms with E-state index in [1.165, 1.54) is 18.9 Å². The van der Waals surface area contributed by atoms with Crippen LogP contribution in [0, 0.1) is 12.7 Å². The minimum absolute atomic E-state index is 0.173. The lowest BCUT2D eigenvalue weighted by Gasteiger charge is -2.24. The van der Waals surface area contributed by atoms with Gasteiger partial charge in [-0.25, -0.2) is 4.39 Å². The molecule has 1 atom stereocenters. The van der Waals surface area contributed by atoms with Crippen LogP contribution in [-0.4, -0.2) is 39.0 Å². The number of amides is 1. The fourth-order valence-electron chi connectivity index (χ4n) is 4.28. The third-order valence-electron chi connectivity index (χ3n) is 5.67. The normalized spacial score (nSPS) is 18.6. The van der Waals surface area contributed by atoms with Gasteiger partial charge >= 0.3 is 0 Å². The fourth-order valence-corrected chi connectivity index (χ4v) is 4.28. The predicted octanol–water partition coefficient (Wildman–Crippen LogP) is 3.18. The lowest BCUT2D eigenvalue weighted by Crippen LogP contribution is -2.25. The lowest BCUT2D eigenvalue weighted by atomic mass is 9.85. The number of nitrogens with one attached hydrogen (secondary N) is 1. The maximum absolute atomic E-state index is 14.5. The molecule has 0 saturated carbocycles. The number of carbonyl (C=O) groups excluding carboxylic acids is 1. The zero-order chi connectivity index (χ0) is 20.0. The summed E-state index contributed by atoms with van der Waals surface area (Å²) in [6.45, 7) is 3.85. The molecule has 4 heterocycles. The van der Waals surface area contributed by atoms with E-state index < -0.39 is 0 Å². The molecular weight excluding hydrogens is 371 g/mol. The van der Waals surface area contributed by atoms with E-state index in [9.17, 15) is 9.18 Å². The SMILES string of the molecule is Cc1nn(-c2ccc(N3CCCC3)nn2)c2c1[C@@H](c1ccccc1F)CC(=O)N2. The van der Waals surface area contributed by atoms with E-state index in [1.54, 1.807) is 22.9 Å². The third-order valence-corrected chi connectivity index (χ3v) is 5.67. The first-order valence-electron chi connectivity index (χ1n) is 9.84. The van der Waals surface area contributed by atoms with Crippen molar-refractivity contribution in [1.82, 2.24) is 20.0 Å². The molecule has 148 valence electrons. The van der Waals surface area contributed by atoms with E-state index in [0.717, 1.165) is 30.2 Å². The number of rotatable bonds is 3. The van der Waals surface area contributed by atoms with Gasteiger partial charge in [0.1, 0.15) is 11.6 Å². The maximum Gasteiger partial charge on any atom is 0.226 e. The van der Waals surface area contributed by atoms with Gasteiger partial charge in [-0.2, -0.15) is 9.78 Å². The molecule has 0 spiro atoms. The van der Waals surface area contributed by atoms with Crippen molar-refractivity contribution in [3.05, 3.63) is 59.0 Å². The Labute approximate surface area is 167 Å². The van der Waals surface area contributed by atoms with Gasteiger partial charge in [0.25, 0.3) is 0 Å². The number of anilines is 2. The smallest absolute Gasteiger partial charge is 0.226 e. The second kappa shape index (κ2) is 6.95. The third kappa shape index (κ3) is 3.04. The van der Waals surface area contributed by atoms with E-state index in [2.05, 4.69) is 25.5 Å². The van der Waals surface area contributed by atoms with Gasteiger partial charge < -0.3 is 10.2 Å². The molecule has 0 unspecified atom stereocenters. The topological polar surface area (TPSA) is 75.9 Å². The quantitative estimate of drug-likeness (QED) is 0.741. The molecule has 1 amide bonds. The maximum atomic E-state index is 14.5. The van der Waals surface area contributed by atoms with Gasteiger partial charge in [-0.1, -0.05) is 18.2 Å². The summed E-state index contributed by atoms with van der Waals surface area (Å²) < 4.78 is 16.1. The molecule has 8 heteroatoms. The van der Waals surface area contributed by atoms with E-state index in [-0.39, 0.29) is 24.1 Å². The van der Waals surface area contributed by atoms with Crippen LogP contribution in [0.15, 0.2) is 36.4 Å². The zero-order valence-corrected chi connectivity index (χ0v) is 16.1. The highest BCUT2D eigenvalue weighted by Gasteiger charge is 2.34. The second-order valence-corrected chi connectivity index (χ2v) is 7.53. The predicted molar refractivity (Wildman–Crippen MR) is 107 cm³/mol. The van der Waals surface area contributed by atoms with E-state index in [1.807, 2.05) is 19.1 Å². The first kappa shape index (κ1) is 17.8. The van der Waals surface area contributed by atoms with Crippen molar-refractivity contribution >= 4 is 17.5 Å². The number of fused-ring (bicyclic) bond motifs is 1. The molecule has 1 saturated heterocycles. The number of aryl methyl sites for hydroxylation is 1. The Morgan fingerprint density at radius 1 is 1.07 bits per heavy atom. The van der Waals surface area contributed by atoms with Crippen LogP contribution in [0.1, 0.15) is 42.0 Å². The monoisotopic (exact) mass is 392 g/mol. The first-order valence-corrected chi connectivity index (χ1v) is 9.84. The van der Waals surface area contributed by atoms with Crippen molar-refractivity contribution in [3.8, 4) is 5.82 Å². The molecule has 0 aliphatic carbocycles. The minimum Gasteiger partial charge on any atom is -0.355 e. The van der Waals surface area contributed by atoms with Gasteiger partial charge in [-0.05, 0) is 43.5 Å². The van der Waals surface area contributed by atoms with Crippen LogP contribution in [0.25, 0.3) is 5.82 Å². The second-order valence-electron chi connectivity index (χ2n) is 7.53. The first-order chi connectivity index (χ1) is 14.1. The zero-order valence-electron chi connectivity index (χ0n) is 16.1. The molecule has 2 aliphatic heterocycles. The number of benzene rings is 1. The van der Waals surface area contributed by atoms with Gasteiger partial charge in [-0.3, -0.25) is 4.79 Å². The highest BCUT2D eigenvalue weighted by molar-refractivity contribution is 5.95. The number of nitrogens with zero attached hydrogens (tertiary/aromatic N) is 5. The molecule has 3 aromatic rings. The number of hydrogen-bond acceptors (Lipinski definition) is 5. The average Bonchev–Trinajstić information content (AvgIpc) is 3.37. The Balaban J connectivity index is 1.56. The summed E-state index contributed by atoms with van der Waals surface area (Å²) in [5.74, 6) is 1.03. The molecule has 5 rings (SSSR count). The van der Waals surface area contributed by atoms with Crippen molar-refractivity contribution in [2.75, 3.05) is 23.3 Å². The molecule has 2 aromatic heterocycles. The summed E-state index contributed by atoms with van der Waals surface area (Å²) in [5.41, 5.74) is 2.06. The molecule has 29 heavy (non-hydrogen) atoms. The van der Waals surface area contributed by atoms with Crippen LogP contribution in [0.4, 0.5) is 16.0 Å². The largest absolute Gasteiger partial charge is 0.355 e. The van der Waals surface area contributed by atoms with Crippen molar-refractivity contribution in [2.24, 2.45) is 0 Å². The Hall–Kier alpha value is -3.29. The van der Waals surface area contributed by atoms with E-state index in [4.69, 9.17) is 0 Å². The molecule has 2 aliphatic rings. The summed E-state index contributed by atoms with van der Waals surface area (Å²) >= 11 is 0. The highest BCUT2D eigenvalue weighted by Crippen LogP contribution is 2.40. The van der Waals surface area contributed by atoms with Gasteiger partial charge in [0, 0.05) is 31.0 Å². The van der Waals surface area contributed by atoms with Gasteiger partial charge in [0.15, 0.2) is 11.6 Å². The Kier molecular flexibility index (Phi) is 4.26. The number of hydrogen-bond donors (Lipinski definition) is 1. The molecule has 1 N–H and O–H groups in total. The molecule has 7 nitrogen and oxygen atoms in total. The summed E-state index contributed by atoms with van der Waals surface area (Å²) in [5, 5.41) is 16.2. The molecule has 0 radical (unpaired) electrons. The average molecular weight is 392 g/mol. The number of halogens is 1. The summed E-state index contributed by atoms with van der Waals surface area (Å²) in [6.07, 6.45) is 2.51. The number of carbonyl (C=O) groups is 1. The Morgan fingerprint density at radius 3 is 2.52 bits per heavy atom. The Bertz CT molecular complexity index is 1070. The standard InChI is InChI=1S/C21H21FN6O/c1-13-20-15(14-6-2-3-7-16(14)22)12-19(29)23-21(20)28(26-13)18-9-8-17(24-25-18)27-10-4-5-11-27/h2-3,6-9,15H,4-5,10-12H2,1H3,(H,23,29)/t15-/m1/s1. The molecule has 0 bridgehead atoms. The Morgan fingerprint density at radius 2 is 1.79 bits per heavy atom. The van der Waals surface area contributed by atoms with Crippen molar-refractivity contribution in [1.29, 1.82) is 0 Å². The molecule has 1 fully saturated rings. The van der Waals surface area contributed by atoms with Crippen molar-refractivity contribution < 1.29 is 9.18 Å². The van der Waals surface area contributed by atoms with Crippen molar-refractivity contribution in [3.63, 3.8) is 0 Å². The van der Waals surface area contributed by atoms with Crippen LogP contribution in [-0.2, 0) is 4.79 Å². The highest BCUT2D eigenvalue weighted by atomic mass is 19.1. The van der Waals surface area contributed by atoms with E-state index >= 15 is 0 Å². The van der Waals surface area contributed by atoms with Crippen LogP contribution in [0.3, 0.4) is 0 Å². The van der Waals surface area contributed by atoms with Crippen LogP contribution >= 0.6 is 0 Å². The van der Waals surface area contributed by atoms with E-state index in [0.29, 0.717) is 17.2 Å². The van der Waals surface area contributed by atoms with Crippen molar-refractivity contribution in [2.45, 2.75) is 32.1 Å². The fraction of sp³-hybridized carbons (Fsp3) is 0.333. The van der Waals surface area contributed by atoms with Gasteiger partial charge in [0.05, 0.1) is 5.69 Å². The van der Waals surface area contributed by atoms with Crippen LogP contribution in [0.2, 0.25) is 0 Å².